The van der Waals surface area contributed by atoms with Crippen molar-refractivity contribution in [1.82, 2.24) is 24.3 Å². The first-order valence-electron chi connectivity index (χ1n) is 8.50. The predicted octanol–water partition coefficient (Wildman–Crippen LogP) is 2.41. The maximum absolute atomic E-state index is 12.9. The molecule has 3 rings (SSSR count). The molecule has 0 unspecified atom stereocenters. The second-order valence-corrected chi connectivity index (χ2v) is 6.46. The van der Waals surface area contributed by atoms with Gasteiger partial charge in [-0.3, -0.25) is 9.59 Å². The van der Waals surface area contributed by atoms with Crippen LogP contribution in [0, 0.1) is 20.8 Å². The third-order valence-electron chi connectivity index (χ3n) is 3.88. The summed E-state index contributed by atoms with van der Waals surface area (Å²) in [4.78, 5) is 32.8. The molecule has 0 aliphatic heterocycles. The normalized spacial score (nSPS) is 11.5. The maximum atomic E-state index is 12.9. The van der Waals surface area contributed by atoms with Crippen LogP contribution in [0.3, 0.4) is 0 Å². The first kappa shape index (κ1) is 20.2. The van der Waals surface area contributed by atoms with Crippen molar-refractivity contribution in [2.24, 2.45) is 0 Å². The molecule has 29 heavy (non-hydrogen) atoms. The van der Waals surface area contributed by atoms with Gasteiger partial charge in [0.1, 0.15) is 12.4 Å². The fourth-order valence-corrected chi connectivity index (χ4v) is 2.70. The summed E-state index contributed by atoms with van der Waals surface area (Å²) in [6, 6.07) is 4.78. The van der Waals surface area contributed by atoms with Gasteiger partial charge in [-0.25, -0.2) is 9.97 Å². The lowest BCUT2D eigenvalue weighted by Gasteiger charge is -2.11. The standard InChI is InChI=1S/C18H17F3N6O2/c1-10-6-11(2)23-17(22-10)27-14(7-12(3)25-27)24-15(28)9-26-8-13(18(19,20)21)4-5-16(26)29/h4-8H,9H2,1-3H3,(H,24,28). The number of hydrogen-bond acceptors (Lipinski definition) is 5. The van der Waals surface area contributed by atoms with Crippen LogP contribution in [-0.2, 0) is 17.5 Å². The number of aromatic nitrogens is 5. The summed E-state index contributed by atoms with van der Waals surface area (Å²) in [5.41, 5.74) is 0.228. The summed E-state index contributed by atoms with van der Waals surface area (Å²) in [6.45, 7) is 4.67. The fraction of sp³-hybridized carbons (Fsp3) is 0.278. The smallest absolute Gasteiger partial charge is 0.309 e. The molecule has 152 valence electrons. The molecule has 3 heterocycles. The number of rotatable bonds is 4. The number of alkyl halides is 3. The van der Waals surface area contributed by atoms with Gasteiger partial charge in [0.25, 0.3) is 11.5 Å². The Morgan fingerprint density at radius 3 is 2.34 bits per heavy atom. The van der Waals surface area contributed by atoms with E-state index in [4.69, 9.17) is 0 Å². The molecule has 0 radical (unpaired) electrons. The van der Waals surface area contributed by atoms with Crippen LogP contribution in [0.2, 0.25) is 0 Å². The lowest BCUT2D eigenvalue weighted by atomic mass is 10.3. The Morgan fingerprint density at radius 1 is 1.07 bits per heavy atom. The van der Waals surface area contributed by atoms with Gasteiger partial charge in [0.2, 0.25) is 5.91 Å². The Bertz CT molecular complexity index is 1110. The average molecular weight is 406 g/mol. The van der Waals surface area contributed by atoms with E-state index >= 15 is 0 Å². The van der Waals surface area contributed by atoms with Crippen molar-refractivity contribution >= 4 is 11.7 Å². The van der Waals surface area contributed by atoms with Crippen LogP contribution >= 0.6 is 0 Å². The summed E-state index contributed by atoms with van der Waals surface area (Å²) < 4.78 is 40.6. The molecule has 0 atom stereocenters. The lowest BCUT2D eigenvalue weighted by Crippen LogP contribution is -2.28. The van der Waals surface area contributed by atoms with Gasteiger partial charge in [-0.15, -0.1) is 0 Å². The number of nitrogens with one attached hydrogen (secondary N) is 1. The first-order valence-corrected chi connectivity index (χ1v) is 8.50. The van der Waals surface area contributed by atoms with Gasteiger partial charge >= 0.3 is 6.18 Å². The molecule has 0 aliphatic carbocycles. The van der Waals surface area contributed by atoms with Gasteiger partial charge in [0.15, 0.2) is 0 Å². The molecule has 3 aromatic heterocycles. The molecule has 0 saturated carbocycles. The van der Waals surface area contributed by atoms with Crippen LogP contribution in [0.25, 0.3) is 5.95 Å². The fourth-order valence-electron chi connectivity index (χ4n) is 2.70. The zero-order valence-corrected chi connectivity index (χ0v) is 15.8. The van der Waals surface area contributed by atoms with Crippen LogP contribution in [0.15, 0.2) is 35.3 Å². The number of hydrogen-bond donors (Lipinski definition) is 1. The van der Waals surface area contributed by atoms with E-state index in [0.29, 0.717) is 33.9 Å². The quantitative estimate of drug-likeness (QED) is 0.718. The van der Waals surface area contributed by atoms with Crippen molar-refractivity contribution in [3.05, 3.63) is 63.5 Å². The zero-order valence-electron chi connectivity index (χ0n) is 15.8. The molecule has 0 aromatic carbocycles. The van der Waals surface area contributed by atoms with Crippen LogP contribution in [0.1, 0.15) is 22.6 Å². The third kappa shape index (κ3) is 4.68. The largest absolute Gasteiger partial charge is 0.417 e. The summed E-state index contributed by atoms with van der Waals surface area (Å²) >= 11 is 0. The molecule has 1 N–H and O–H groups in total. The summed E-state index contributed by atoms with van der Waals surface area (Å²) in [5, 5.41) is 6.79. The number of aryl methyl sites for hydroxylation is 3. The topological polar surface area (TPSA) is 94.7 Å². The predicted molar refractivity (Wildman–Crippen MR) is 97.7 cm³/mol. The van der Waals surface area contributed by atoms with Crippen molar-refractivity contribution in [1.29, 1.82) is 0 Å². The van der Waals surface area contributed by atoms with E-state index in [1.54, 1.807) is 32.9 Å². The number of carbonyl (C=O) groups excluding carboxylic acids is 1. The van der Waals surface area contributed by atoms with Crippen LogP contribution in [0.5, 0.6) is 0 Å². The van der Waals surface area contributed by atoms with E-state index in [1.807, 2.05) is 0 Å². The van der Waals surface area contributed by atoms with E-state index in [-0.39, 0.29) is 11.8 Å². The van der Waals surface area contributed by atoms with Crippen molar-refractivity contribution in [3.63, 3.8) is 0 Å². The van der Waals surface area contributed by atoms with Gasteiger partial charge < -0.3 is 9.88 Å². The highest BCUT2D eigenvalue weighted by atomic mass is 19.4. The van der Waals surface area contributed by atoms with Crippen molar-refractivity contribution < 1.29 is 18.0 Å². The van der Waals surface area contributed by atoms with Gasteiger partial charge in [-0.2, -0.15) is 23.0 Å². The summed E-state index contributed by atoms with van der Waals surface area (Å²) in [5.74, 6) is -0.225. The summed E-state index contributed by atoms with van der Waals surface area (Å²) in [7, 11) is 0. The van der Waals surface area contributed by atoms with Gasteiger partial charge in [0, 0.05) is 29.7 Å². The third-order valence-corrected chi connectivity index (χ3v) is 3.88. The highest BCUT2D eigenvalue weighted by molar-refractivity contribution is 5.90. The molecule has 8 nitrogen and oxygen atoms in total. The van der Waals surface area contributed by atoms with Gasteiger partial charge in [-0.1, -0.05) is 0 Å². The minimum Gasteiger partial charge on any atom is -0.309 e. The molecular weight excluding hydrogens is 389 g/mol. The number of amides is 1. The molecular formula is C18H17F3N6O2. The number of halogens is 3. The minimum atomic E-state index is -4.62. The number of anilines is 1. The average Bonchev–Trinajstić information content (AvgIpc) is 2.95. The lowest BCUT2D eigenvalue weighted by molar-refractivity contribution is -0.138. The molecule has 0 bridgehead atoms. The minimum absolute atomic E-state index is 0.234. The van der Waals surface area contributed by atoms with Gasteiger partial charge in [0.05, 0.1) is 11.3 Å². The Labute approximate surface area is 163 Å². The molecule has 0 saturated heterocycles. The monoisotopic (exact) mass is 406 g/mol. The number of carbonyl (C=O) groups is 1. The van der Waals surface area contributed by atoms with E-state index in [2.05, 4.69) is 20.4 Å². The second-order valence-electron chi connectivity index (χ2n) is 6.46. The Morgan fingerprint density at radius 2 is 1.72 bits per heavy atom. The highest BCUT2D eigenvalue weighted by Crippen LogP contribution is 2.28. The molecule has 0 fully saturated rings. The van der Waals surface area contributed by atoms with Crippen molar-refractivity contribution in [2.45, 2.75) is 33.5 Å². The van der Waals surface area contributed by atoms with Crippen LogP contribution in [0.4, 0.5) is 19.0 Å². The van der Waals surface area contributed by atoms with Crippen molar-refractivity contribution in [3.8, 4) is 5.95 Å². The molecule has 1 amide bonds. The molecule has 0 spiro atoms. The summed E-state index contributed by atoms with van der Waals surface area (Å²) in [6.07, 6.45) is -4.01. The Hall–Kier alpha value is -3.50. The highest BCUT2D eigenvalue weighted by Gasteiger charge is 2.31. The van der Waals surface area contributed by atoms with E-state index in [9.17, 15) is 22.8 Å². The molecule has 11 heteroatoms. The molecule has 3 aromatic rings. The Balaban J connectivity index is 1.87. The zero-order chi connectivity index (χ0) is 21.3. The SMILES string of the molecule is Cc1cc(C)nc(-n2nc(C)cc2NC(=O)Cn2cc(C(F)(F)F)ccc2=O)n1. The van der Waals surface area contributed by atoms with E-state index < -0.39 is 29.8 Å². The van der Waals surface area contributed by atoms with Crippen LogP contribution in [-0.4, -0.2) is 30.2 Å². The van der Waals surface area contributed by atoms with Crippen LogP contribution < -0.4 is 10.9 Å². The van der Waals surface area contributed by atoms with E-state index in [0.717, 1.165) is 6.07 Å². The Kier molecular flexibility index (Phi) is 5.23. The number of pyridine rings is 1. The maximum Gasteiger partial charge on any atom is 0.417 e. The molecule has 0 aliphatic rings. The van der Waals surface area contributed by atoms with Crippen molar-refractivity contribution in [2.75, 3.05) is 5.32 Å². The van der Waals surface area contributed by atoms with Gasteiger partial charge in [-0.05, 0) is 32.9 Å². The first-order chi connectivity index (χ1) is 13.5. The van der Waals surface area contributed by atoms with E-state index in [1.165, 1.54) is 4.68 Å². The number of nitrogens with zero attached hydrogens (tertiary/aromatic N) is 5. The second kappa shape index (κ2) is 7.49.